The lowest BCUT2D eigenvalue weighted by atomic mass is 10.1. The highest BCUT2D eigenvalue weighted by molar-refractivity contribution is 5.87. The molecule has 0 amide bonds. The topological polar surface area (TPSA) is 21.6 Å². The van der Waals surface area contributed by atoms with Crippen LogP contribution in [0, 0.1) is 0 Å². The van der Waals surface area contributed by atoms with E-state index in [1.165, 1.54) is 0 Å². The van der Waals surface area contributed by atoms with Crippen molar-refractivity contribution in [1.29, 1.82) is 0 Å². The Morgan fingerprint density at radius 2 is 2.09 bits per heavy atom. The van der Waals surface area contributed by atoms with Gasteiger partial charge in [-0.15, -0.1) is 0 Å². The molecule has 64 valence electrons. The van der Waals surface area contributed by atoms with Gasteiger partial charge in [-0.1, -0.05) is 6.58 Å². The van der Waals surface area contributed by atoms with E-state index in [0.29, 0.717) is 12.5 Å². The van der Waals surface area contributed by atoms with Crippen molar-refractivity contribution in [3.8, 4) is 0 Å². The van der Waals surface area contributed by atoms with Gasteiger partial charge >= 0.3 is 0 Å². The normalized spacial score (nSPS) is 12.9. The molecule has 0 bridgehead atoms. The van der Waals surface area contributed by atoms with Crippen molar-refractivity contribution in [1.82, 2.24) is 0 Å². The SMILES string of the molecule is C=CC(=NC(C)(C)C)OCC. The molecule has 0 unspecified atom stereocenters. The molecule has 11 heavy (non-hydrogen) atoms. The highest BCUT2D eigenvalue weighted by Crippen LogP contribution is 2.07. The molecule has 0 N–H and O–H groups in total. The second-order valence-electron chi connectivity index (χ2n) is 3.26. The summed E-state index contributed by atoms with van der Waals surface area (Å²) in [5.74, 6) is 0.625. The maximum atomic E-state index is 5.20. The van der Waals surface area contributed by atoms with Crippen LogP contribution in [0.5, 0.6) is 0 Å². The minimum Gasteiger partial charge on any atom is -0.478 e. The van der Waals surface area contributed by atoms with E-state index in [2.05, 4.69) is 11.6 Å². The van der Waals surface area contributed by atoms with E-state index in [4.69, 9.17) is 4.74 Å². The van der Waals surface area contributed by atoms with Crippen LogP contribution in [0.1, 0.15) is 27.7 Å². The van der Waals surface area contributed by atoms with Crippen LogP contribution in [0.2, 0.25) is 0 Å². The molecule has 0 aromatic rings. The van der Waals surface area contributed by atoms with E-state index in [1.807, 2.05) is 27.7 Å². The van der Waals surface area contributed by atoms with Crippen molar-refractivity contribution in [3.05, 3.63) is 12.7 Å². The van der Waals surface area contributed by atoms with E-state index in [1.54, 1.807) is 6.08 Å². The molecule has 0 aliphatic rings. The van der Waals surface area contributed by atoms with Crippen LogP contribution in [0.4, 0.5) is 0 Å². The van der Waals surface area contributed by atoms with Crippen molar-refractivity contribution in [2.24, 2.45) is 4.99 Å². The lowest BCUT2D eigenvalue weighted by molar-refractivity contribution is 0.323. The zero-order valence-corrected chi connectivity index (χ0v) is 7.85. The van der Waals surface area contributed by atoms with Crippen molar-refractivity contribution < 1.29 is 4.74 Å². The molecule has 0 aromatic heterocycles. The van der Waals surface area contributed by atoms with Gasteiger partial charge in [-0.05, 0) is 33.8 Å². The van der Waals surface area contributed by atoms with Gasteiger partial charge in [0.25, 0.3) is 0 Å². The average Bonchev–Trinajstić information content (AvgIpc) is 1.84. The molecule has 0 rings (SSSR count). The Bertz CT molecular complexity index is 153. The van der Waals surface area contributed by atoms with E-state index in [-0.39, 0.29) is 5.54 Å². The highest BCUT2D eigenvalue weighted by atomic mass is 16.5. The minimum absolute atomic E-state index is 0.0846. The Balaban J connectivity index is 4.23. The molecule has 0 aliphatic heterocycles. The summed E-state index contributed by atoms with van der Waals surface area (Å²) in [6.07, 6.45) is 1.63. The van der Waals surface area contributed by atoms with Gasteiger partial charge in [0.2, 0.25) is 5.90 Å². The fourth-order valence-corrected chi connectivity index (χ4v) is 0.615. The molecule has 0 saturated carbocycles. The molecule has 0 spiro atoms. The summed E-state index contributed by atoms with van der Waals surface area (Å²) in [5.41, 5.74) is -0.0846. The zero-order chi connectivity index (χ0) is 8.91. The summed E-state index contributed by atoms with van der Waals surface area (Å²) in [6.45, 7) is 12.3. The van der Waals surface area contributed by atoms with Crippen molar-refractivity contribution in [2.75, 3.05) is 6.61 Å². The van der Waals surface area contributed by atoms with Crippen LogP contribution in [0.25, 0.3) is 0 Å². The first kappa shape index (κ1) is 10.2. The summed E-state index contributed by atoms with van der Waals surface area (Å²) in [4.78, 5) is 4.29. The first-order valence-electron chi connectivity index (χ1n) is 3.84. The molecular formula is C9H17NO. The molecule has 0 atom stereocenters. The quantitative estimate of drug-likeness (QED) is 0.443. The largest absolute Gasteiger partial charge is 0.478 e. The molecule has 0 aromatic carbocycles. The third-order valence-electron chi connectivity index (χ3n) is 0.912. The van der Waals surface area contributed by atoms with Crippen LogP contribution in [0.15, 0.2) is 17.6 Å². The van der Waals surface area contributed by atoms with Gasteiger partial charge in [0.15, 0.2) is 0 Å². The summed E-state index contributed by atoms with van der Waals surface area (Å²) in [7, 11) is 0. The number of hydrogen-bond donors (Lipinski definition) is 0. The first-order valence-corrected chi connectivity index (χ1v) is 3.84. The molecule has 0 aliphatic carbocycles. The van der Waals surface area contributed by atoms with Crippen molar-refractivity contribution >= 4 is 5.90 Å². The van der Waals surface area contributed by atoms with Gasteiger partial charge in [-0.2, -0.15) is 0 Å². The van der Waals surface area contributed by atoms with Crippen molar-refractivity contribution in [3.63, 3.8) is 0 Å². The molecule has 0 heterocycles. The second-order valence-corrected chi connectivity index (χ2v) is 3.26. The number of rotatable bonds is 2. The van der Waals surface area contributed by atoms with Crippen LogP contribution in [-0.4, -0.2) is 18.0 Å². The lowest BCUT2D eigenvalue weighted by Gasteiger charge is -2.13. The molecule has 0 fully saturated rings. The van der Waals surface area contributed by atoms with Gasteiger partial charge < -0.3 is 4.74 Å². The van der Waals surface area contributed by atoms with Crippen molar-refractivity contribution in [2.45, 2.75) is 33.2 Å². The Morgan fingerprint density at radius 3 is 2.36 bits per heavy atom. The van der Waals surface area contributed by atoms with Gasteiger partial charge in [0.05, 0.1) is 12.1 Å². The number of aliphatic imine (C=N–C) groups is 1. The molecule has 2 nitrogen and oxygen atoms in total. The van der Waals surface area contributed by atoms with Crippen LogP contribution in [0.3, 0.4) is 0 Å². The monoisotopic (exact) mass is 155 g/mol. The molecule has 2 heteroatoms. The minimum atomic E-state index is -0.0846. The summed E-state index contributed by atoms with van der Waals surface area (Å²) >= 11 is 0. The third kappa shape index (κ3) is 5.64. The van der Waals surface area contributed by atoms with Gasteiger partial charge in [0.1, 0.15) is 0 Å². The van der Waals surface area contributed by atoms with E-state index in [0.717, 1.165) is 0 Å². The summed E-state index contributed by atoms with van der Waals surface area (Å²) in [5, 5.41) is 0. The standard InChI is InChI=1S/C9H17NO/c1-6-8(11-7-2)10-9(3,4)5/h6H,1,7H2,2-5H3. The maximum absolute atomic E-state index is 5.20. The molecular weight excluding hydrogens is 138 g/mol. The fourth-order valence-electron chi connectivity index (χ4n) is 0.615. The van der Waals surface area contributed by atoms with Gasteiger partial charge in [-0.3, -0.25) is 0 Å². The Labute approximate surface area is 69.0 Å². The number of hydrogen-bond acceptors (Lipinski definition) is 2. The van der Waals surface area contributed by atoms with Gasteiger partial charge in [0, 0.05) is 0 Å². The Morgan fingerprint density at radius 1 is 1.55 bits per heavy atom. The second kappa shape index (κ2) is 4.16. The Kier molecular flexibility index (Phi) is 3.86. The summed E-state index contributed by atoms with van der Waals surface area (Å²) < 4.78 is 5.20. The predicted molar refractivity (Wildman–Crippen MR) is 49.0 cm³/mol. The van der Waals surface area contributed by atoms with Crippen LogP contribution in [-0.2, 0) is 4.74 Å². The first-order chi connectivity index (χ1) is 4.99. The average molecular weight is 155 g/mol. The zero-order valence-electron chi connectivity index (χ0n) is 7.85. The predicted octanol–water partition coefficient (Wildman–Crippen LogP) is 2.41. The smallest absolute Gasteiger partial charge is 0.208 e. The maximum Gasteiger partial charge on any atom is 0.208 e. The molecule has 0 radical (unpaired) electrons. The fraction of sp³-hybridized carbons (Fsp3) is 0.667. The lowest BCUT2D eigenvalue weighted by Crippen LogP contribution is -2.14. The van der Waals surface area contributed by atoms with Crippen LogP contribution < -0.4 is 0 Å². The Hall–Kier alpha value is -0.790. The highest BCUT2D eigenvalue weighted by Gasteiger charge is 2.08. The van der Waals surface area contributed by atoms with E-state index < -0.39 is 0 Å². The molecule has 0 saturated heterocycles. The van der Waals surface area contributed by atoms with Crippen LogP contribution >= 0.6 is 0 Å². The number of nitrogens with zero attached hydrogens (tertiary/aromatic N) is 1. The van der Waals surface area contributed by atoms with Gasteiger partial charge in [-0.25, -0.2) is 4.99 Å². The van der Waals surface area contributed by atoms with E-state index in [9.17, 15) is 0 Å². The number of ether oxygens (including phenoxy) is 1. The third-order valence-corrected chi connectivity index (χ3v) is 0.912. The summed E-state index contributed by atoms with van der Waals surface area (Å²) in [6, 6.07) is 0. The van der Waals surface area contributed by atoms with E-state index >= 15 is 0 Å².